The van der Waals surface area contributed by atoms with E-state index in [0.29, 0.717) is 12.0 Å². The Morgan fingerprint density at radius 2 is 2.19 bits per heavy atom. The molecule has 0 aliphatic heterocycles. The average molecular weight is 304 g/mol. The first kappa shape index (κ1) is 12.2. The summed E-state index contributed by atoms with van der Waals surface area (Å²) in [6.07, 6.45) is 6.86. The van der Waals surface area contributed by atoms with Gasteiger partial charge in [0.2, 0.25) is 0 Å². The van der Waals surface area contributed by atoms with Crippen molar-refractivity contribution in [3.63, 3.8) is 0 Å². The molecule has 1 N–H and O–H groups in total. The molecule has 1 saturated carbocycles. The number of rotatable bonds is 3. The Hall–Kier alpha value is -0.280. The van der Waals surface area contributed by atoms with Gasteiger partial charge in [0.15, 0.2) is 0 Å². The van der Waals surface area contributed by atoms with E-state index in [2.05, 4.69) is 26.2 Å². The first-order chi connectivity index (χ1) is 7.79. The van der Waals surface area contributed by atoms with Gasteiger partial charge in [-0.2, -0.15) is 0 Å². The summed E-state index contributed by atoms with van der Waals surface area (Å²) < 4.78 is 1.01. The van der Waals surface area contributed by atoms with Crippen molar-refractivity contribution >= 4 is 33.3 Å². The van der Waals surface area contributed by atoms with Crippen molar-refractivity contribution in [2.75, 3.05) is 11.2 Å². The van der Waals surface area contributed by atoms with Gasteiger partial charge in [-0.15, -0.1) is 11.6 Å². The Morgan fingerprint density at radius 1 is 1.38 bits per heavy atom. The summed E-state index contributed by atoms with van der Waals surface area (Å²) in [5.41, 5.74) is 0. The molecule has 2 atom stereocenters. The van der Waals surface area contributed by atoms with E-state index < -0.39 is 0 Å². The van der Waals surface area contributed by atoms with Crippen LogP contribution in [0.3, 0.4) is 0 Å². The van der Waals surface area contributed by atoms with Gasteiger partial charge in [-0.25, -0.2) is 4.98 Å². The lowest BCUT2D eigenvalue weighted by Crippen LogP contribution is -2.33. The minimum Gasteiger partial charge on any atom is -0.367 e. The van der Waals surface area contributed by atoms with Gasteiger partial charge in [0.25, 0.3) is 0 Å². The zero-order valence-electron chi connectivity index (χ0n) is 9.13. The van der Waals surface area contributed by atoms with Gasteiger partial charge in [0, 0.05) is 22.6 Å². The number of nitrogens with zero attached hydrogens (tertiary/aromatic N) is 1. The standard InChI is InChI=1S/C12H16BrClN2/c13-10-5-6-12(15-8-10)16-11-4-2-1-3-9(11)7-14/h5-6,8-9,11H,1-4,7H2,(H,15,16). The van der Waals surface area contributed by atoms with Gasteiger partial charge < -0.3 is 5.32 Å². The van der Waals surface area contributed by atoms with E-state index in [1.165, 1.54) is 25.7 Å². The molecule has 0 spiro atoms. The lowest BCUT2D eigenvalue weighted by atomic mass is 9.86. The Kier molecular flexibility index (Phi) is 4.47. The monoisotopic (exact) mass is 302 g/mol. The second kappa shape index (κ2) is 5.87. The molecule has 0 radical (unpaired) electrons. The quantitative estimate of drug-likeness (QED) is 0.852. The zero-order valence-corrected chi connectivity index (χ0v) is 11.5. The number of halogens is 2. The first-order valence-electron chi connectivity index (χ1n) is 5.73. The highest BCUT2D eigenvalue weighted by Crippen LogP contribution is 2.27. The van der Waals surface area contributed by atoms with Crippen LogP contribution in [0.1, 0.15) is 25.7 Å². The van der Waals surface area contributed by atoms with Crippen LogP contribution in [0.5, 0.6) is 0 Å². The summed E-state index contributed by atoms with van der Waals surface area (Å²) in [5, 5.41) is 3.49. The third-order valence-electron chi connectivity index (χ3n) is 3.17. The van der Waals surface area contributed by atoms with Crippen molar-refractivity contribution < 1.29 is 0 Å². The fourth-order valence-corrected chi connectivity index (χ4v) is 2.84. The first-order valence-corrected chi connectivity index (χ1v) is 7.06. The molecule has 0 bridgehead atoms. The van der Waals surface area contributed by atoms with Crippen LogP contribution in [0.15, 0.2) is 22.8 Å². The number of alkyl halides is 1. The predicted octanol–water partition coefficient (Wildman–Crippen LogP) is 4.05. The number of hydrogen-bond acceptors (Lipinski definition) is 2. The largest absolute Gasteiger partial charge is 0.367 e. The summed E-state index contributed by atoms with van der Waals surface area (Å²) in [6.45, 7) is 0. The van der Waals surface area contributed by atoms with E-state index in [4.69, 9.17) is 11.6 Å². The topological polar surface area (TPSA) is 24.9 Å². The Bertz CT molecular complexity index is 328. The molecule has 2 unspecified atom stereocenters. The van der Waals surface area contributed by atoms with E-state index in [1.807, 2.05) is 18.3 Å². The molecular formula is C12H16BrClN2. The average Bonchev–Trinajstić information content (AvgIpc) is 2.33. The van der Waals surface area contributed by atoms with Gasteiger partial charge in [0.1, 0.15) is 5.82 Å². The van der Waals surface area contributed by atoms with E-state index in [1.54, 1.807) is 0 Å². The highest BCUT2D eigenvalue weighted by atomic mass is 79.9. The number of aromatic nitrogens is 1. The zero-order chi connectivity index (χ0) is 11.4. The molecule has 4 heteroatoms. The molecule has 1 aromatic rings. The van der Waals surface area contributed by atoms with Gasteiger partial charge >= 0.3 is 0 Å². The predicted molar refractivity (Wildman–Crippen MR) is 72.0 cm³/mol. The van der Waals surface area contributed by atoms with E-state index >= 15 is 0 Å². The van der Waals surface area contributed by atoms with Gasteiger partial charge in [-0.3, -0.25) is 0 Å². The summed E-state index contributed by atoms with van der Waals surface area (Å²) in [5.74, 6) is 2.28. The van der Waals surface area contributed by atoms with Crippen molar-refractivity contribution in [1.29, 1.82) is 0 Å². The van der Waals surface area contributed by atoms with Crippen LogP contribution in [0.2, 0.25) is 0 Å². The van der Waals surface area contributed by atoms with E-state index in [9.17, 15) is 0 Å². The molecule has 2 nitrogen and oxygen atoms in total. The van der Waals surface area contributed by atoms with Crippen LogP contribution < -0.4 is 5.32 Å². The lowest BCUT2D eigenvalue weighted by Gasteiger charge is -2.31. The van der Waals surface area contributed by atoms with Crippen LogP contribution in [-0.2, 0) is 0 Å². The van der Waals surface area contributed by atoms with Crippen molar-refractivity contribution in [2.45, 2.75) is 31.7 Å². The number of anilines is 1. The van der Waals surface area contributed by atoms with Crippen LogP contribution in [-0.4, -0.2) is 16.9 Å². The highest BCUT2D eigenvalue weighted by Gasteiger charge is 2.24. The van der Waals surface area contributed by atoms with Gasteiger partial charge in [-0.05, 0) is 46.8 Å². The number of nitrogens with one attached hydrogen (secondary N) is 1. The van der Waals surface area contributed by atoms with Gasteiger partial charge in [-0.1, -0.05) is 12.8 Å². The molecule has 2 rings (SSSR count). The van der Waals surface area contributed by atoms with E-state index in [0.717, 1.165) is 16.2 Å². The molecule has 0 aromatic carbocycles. The Balaban J connectivity index is 1.99. The van der Waals surface area contributed by atoms with Crippen LogP contribution >= 0.6 is 27.5 Å². The summed E-state index contributed by atoms with van der Waals surface area (Å²) in [4.78, 5) is 4.34. The molecule has 1 aromatic heterocycles. The third-order valence-corrected chi connectivity index (χ3v) is 4.03. The fourth-order valence-electron chi connectivity index (χ4n) is 2.23. The molecule has 1 fully saturated rings. The highest BCUT2D eigenvalue weighted by molar-refractivity contribution is 9.10. The molecule has 1 heterocycles. The van der Waals surface area contributed by atoms with Crippen LogP contribution in [0.4, 0.5) is 5.82 Å². The molecule has 0 amide bonds. The molecule has 0 saturated heterocycles. The lowest BCUT2D eigenvalue weighted by molar-refractivity contribution is 0.352. The third kappa shape index (κ3) is 3.11. The van der Waals surface area contributed by atoms with Crippen LogP contribution in [0, 0.1) is 5.92 Å². The maximum Gasteiger partial charge on any atom is 0.126 e. The minimum absolute atomic E-state index is 0.486. The second-order valence-electron chi connectivity index (χ2n) is 4.31. The minimum atomic E-state index is 0.486. The second-order valence-corrected chi connectivity index (χ2v) is 5.54. The Morgan fingerprint density at radius 3 is 2.88 bits per heavy atom. The SMILES string of the molecule is ClCC1CCCCC1Nc1ccc(Br)cn1. The van der Waals surface area contributed by atoms with Crippen LogP contribution in [0.25, 0.3) is 0 Å². The summed E-state index contributed by atoms with van der Waals surface area (Å²) >= 11 is 9.38. The number of pyridine rings is 1. The maximum absolute atomic E-state index is 6.00. The van der Waals surface area contributed by atoms with Crippen molar-refractivity contribution in [2.24, 2.45) is 5.92 Å². The normalized spacial score (nSPS) is 25.4. The Labute approximate surface area is 110 Å². The maximum atomic E-state index is 6.00. The molecule has 1 aliphatic carbocycles. The summed E-state index contributed by atoms with van der Waals surface area (Å²) in [7, 11) is 0. The fraction of sp³-hybridized carbons (Fsp3) is 0.583. The molecule has 16 heavy (non-hydrogen) atoms. The summed E-state index contributed by atoms with van der Waals surface area (Å²) in [6, 6.07) is 4.50. The van der Waals surface area contributed by atoms with Crippen molar-refractivity contribution in [3.05, 3.63) is 22.8 Å². The van der Waals surface area contributed by atoms with Gasteiger partial charge in [0.05, 0.1) is 0 Å². The van der Waals surface area contributed by atoms with E-state index in [-0.39, 0.29) is 0 Å². The number of hydrogen-bond donors (Lipinski definition) is 1. The molecular weight excluding hydrogens is 288 g/mol. The van der Waals surface area contributed by atoms with Crippen molar-refractivity contribution in [1.82, 2.24) is 4.98 Å². The molecule has 1 aliphatic rings. The smallest absolute Gasteiger partial charge is 0.126 e. The van der Waals surface area contributed by atoms with Crippen molar-refractivity contribution in [3.8, 4) is 0 Å². The molecule has 88 valence electrons.